The number of hydrogen-bond acceptors (Lipinski definition) is 8. The van der Waals surface area contributed by atoms with E-state index in [1.807, 2.05) is 43.1 Å². The molecule has 4 aromatic rings. The normalized spacial score (nSPS) is 10.8. The predicted octanol–water partition coefficient (Wildman–Crippen LogP) is 2.45. The van der Waals surface area contributed by atoms with Crippen molar-refractivity contribution in [1.29, 1.82) is 0 Å². The van der Waals surface area contributed by atoms with E-state index in [1.54, 1.807) is 36.3 Å². The van der Waals surface area contributed by atoms with Crippen molar-refractivity contribution in [2.75, 3.05) is 37.8 Å². The summed E-state index contributed by atoms with van der Waals surface area (Å²) in [6, 6.07) is 13.3. The van der Waals surface area contributed by atoms with Crippen LogP contribution in [0.2, 0.25) is 0 Å². The van der Waals surface area contributed by atoms with Crippen LogP contribution >= 0.6 is 0 Å². The Labute approximate surface area is 209 Å². The van der Waals surface area contributed by atoms with Gasteiger partial charge in [-0.2, -0.15) is 0 Å². The Balaban J connectivity index is 1.55. The van der Waals surface area contributed by atoms with Gasteiger partial charge >= 0.3 is 0 Å². The van der Waals surface area contributed by atoms with Gasteiger partial charge < -0.3 is 20.9 Å². The molecule has 1 aromatic carbocycles. The standard InChI is InChI=1S/C26H28N8O2/c1-17-7-6-8-18-15-19(16-31-25(35)22-23(27)30-12-11-29-22)24(32-21(17)18)33(2)13-14-34(3)26(36)20-9-4-5-10-28-20/h4-12,15H,13-14,16H2,1-3H3,(H2,27,30)(H,31,35). The van der Waals surface area contributed by atoms with Gasteiger partial charge in [-0.15, -0.1) is 0 Å². The minimum atomic E-state index is -0.417. The topological polar surface area (TPSA) is 130 Å². The van der Waals surface area contributed by atoms with Crippen LogP contribution in [0.4, 0.5) is 11.6 Å². The first kappa shape index (κ1) is 24.5. The number of nitrogens with two attached hydrogens (primary N) is 1. The maximum Gasteiger partial charge on any atom is 0.273 e. The number of aromatic nitrogens is 4. The zero-order valence-corrected chi connectivity index (χ0v) is 20.5. The molecule has 4 rings (SSSR count). The summed E-state index contributed by atoms with van der Waals surface area (Å²) in [4.78, 5) is 46.0. The second-order valence-corrected chi connectivity index (χ2v) is 8.45. The molecule has 0 unspecified atom stereocenters. The number of para-hydroxylation sites is 1. The maximum absolute atomic E-state index is 12.7. The van der Waals surface area contributed by atoms with Gasteiger partial charge in [0.25, 0.3) is 11.8 Å². The number of anilines is 2. The maximum atomic E-state index is 12.7. The van der Waals surface area contributed by atoms with Crippen LogP contribution in [-0.2, 0) is 6.54 Å². The van der Waals surface area contributed by atoms with Crippen LogP contribution in [-0.4, -0.2) is 63.8 Å². The summed E-state index contributed by atoms with van der Waals surface area (Å²) in [6.07, 6.45) is 4.46. The number of nitrogens with zero attached hydrogens (tertiary/aromatic N) is 6. The lowest BCUT2D eigenvalue weighted by atomic mass is 10.1. The van der Waals surface area contributed by atoms with E-state index >= 15 is 0 Å². The van der Waals surface area contributed by atoms with E-state index in [2.05, 4.69) is 20.3 Å². The molecule has 0 atom stereocenters. The third-order valence-electron chi connectivity index (χ3n) is 5.85. The van der Waals surface area contributed by atoms with E-state index in [0.29, 0.717) is 24.6 Å². The minimum Gasteiger partial charge on any atom is -0.382 e. The molecule has 0 saturated carbocycles. The van der Waals surface area contributed by atoms with E-state index in [-0.39, 0.29) is 24.0 Å². The Morgan fingerprint density at radius 2 is 1.78 bits per heavy atom. The number of benzene rings is 1. The molecular weight excluding hydrogens is 456 g/mol. The van der Waals surface area contributed by atoms with Crippen LogP contribution in [0.1, 0.15) is 32.1 Å². The van der Waals surface area contributed by atoms with Gasteiger partial charge in [0, 0.05) is 63.3 Å². The Morgan fingerprint density at radius 1 is 0.972 bits per heavy atom. The van der Waals surface area contributed by atoms with Gasteiger partial charge in [0.05, 0.1) is 5.52 Å². The van der Waals surface area contributed by atoms with E-state index in [4.69, 9.17) is 10.7 Å². The quantitative estimate of drug-likeness (QED) is 0.390. The van der Waals surface area contributed by atoms with Crippen LogP contribution in [0.5, 0.6) is 0 Å². The molecule has 0 aliphatic carbocycles. The number of fused-ring (bicyclic) bond motifs is 1. The van der Waals surface area contributed by atoms with Crippen LogP contribution in [0.15, 0.2) is 61.1 Å². The first-order valence-corrected chi connectivity index (χ1v) is 11.5. The van der Waals surface area contributed by atoms with E-state index < -0.39 is 5.91 Å². The monoisotopic (exact) mass is 484 g/mol. The Kier molecular flexibility index (Phi) is 7.33. The van der Waals surface area contributed by atoms with Crippen molar-refractivity contribution in [3.63, 3.8) is 0 Å². The number of carbonyl (C=O) groups excluding carboxylic acids is 2. The van der Waals surface area contributed by atoms with Gasteiger partial charge in [0.2, 0.25) is 0 Å². The van der Waals surface area contributed by atoms with Crippen LogP contribution in [0, 0.1) is 6.92 Å². The highest BCUT2D eigenvalue weighted by Gasteiger charge is 2.18. The average Bonchev–Trinajstić information content (AvgIpc) is 2.90. The van der Waals surface area contributed by atoms with E-state index in [9.17, 15) is 9.59 Å². The van der Waals surface area contributed by atoms with Crippen molar-refractivity contribution in [1.82, 2.24) is 30.2 Å². The Morgan fingerprint density at radius 3 is 2.53 bits per heavy atom. The van der Waals surface area contributed by atoms with E-state index in [1.165, 1.54) is 12.4 Å². The third kappa shape index (κ3) is 5.38. The molecule has 3 N–H and O–H groups in total. The molecule has 184 valence electrons. The Bertz CT molecular complexity index is 1390. The van der Waals surface area contributed by atoms with Gasteiger partial charge in [-0.05, 0) is 30.7 Å². The van der Waals surface area contributed by atoms with Crippen molar-refractivity contribution in [2.24, 2.45) is 0 Å². The lowest BCUT2D eigenvalue weighted by Gasteiger charge is -2.25. The van der Waals surface area contributed by atoms with Crippen molar-refractivity contribution < 1.29 is 9.59 Å². The van der Waals surface area contributed by atoms with Gasteiger partial charge in [-0.3, -0.25) is 14.6 Å². The molecular formula is C26H28N8O2. The molecule has 0 aliphatic heterocycles. The van der Waals surface area contributed by atoms with Crippen LogP contribution in [0.3, 0.4) is 0 Å². The first-order valence-electron chi connectivity index (χ1n) is 11.5. The summed E-state index contributed by atoms with van der Waals surface area (Å²) in [6.45, 7) is 3.21. The highest BCUT2D eigenvalue weighted by molar-refractivity contribution is 5.96. The smallest absolute Gasteiger partial charge is 0.273 e. The number of carbonyl (C=O) groups is 2. The van der Waals surface area contributed by atoms with Crippen molar-refractivity contribution in [3.8, 4) is 0 Å². The van der Waals surface area contributed by atoms with Crippen molar-refractivity contribution >= 4 is 34.4 Å². The fraction of sp³-hybridized carbons (Fsp3) is 0.231. The molecule has 3 aromatic heterocycles. The number of nitrogens with one attached hydrogen (secondary N) is 1. The van der Waals surface area contributed by atoms with Gasteiger partial charge in [-0.25, -0.2) is 15.0 Å². The summed E-state index contributed by atoms with van der Waals surface area (Å²) >= 11 is 0. The SMILES string of the molecule is Cc1cccc2cc(CNC(=O)c3nccnc3N)c(N(C)CCN(C)C(=O)c3ccccn3)nc12. The minimum absolute atomic E-state index is 0.0696. The molecule has 2 amide bonds. The molecule has 0 aliphatic rings. The second kappa shape index (κ2) is 10.8. The lowest BCUT2D eigenvalue weighted by molar-refractivity contribution is 0.0792. The van der Waals surface area contributed by atoms with Crippen LogP contribution < -0.4 is 16.0 Å². The molecule has 10 nitrogen and oxygen atoms in total. The molecule has 0 radical (unpaired) electrons. The average molecular weight is 485 g/mol. The number of likely N-dealkylation sites (N-methyl/N-ethyl adjacent to an activating group) is 2. The first-order chi connectivity index (χ1) is 17.3. The zero-order valence-electron chi connectivity index (χ0n) is 20.5. The summed E-state index contributed by atoms with van der Waals surface area (Å²) in [5, 5.41) is 3.84. The van der Waals surface area contributed by atoms with Gasteiger partial charge in [0.15, 0.2) is 11.5 Å². The van der Waals surface area contributed by atoms with Gasteiger partial charge in [-0.1, -0.05) is 24.3 Å². The number of aryl methyl sites for hydroxylation is 1. The summed E-state index contributed by atoms with van der Waals surface area (Å²) in [5.41, 5.74) is 9.03. The van der Waals surface area contributed by atoms with Crippen LogP contribution in [0.25, 0.3) is 10.9 Å². The fourth-order valence-electron chi connectivity index (χ4n) is 3.82. The van der Waals surface area contributed by atoms with Gasteiger partial charge in [0.1, 0.15) is 11.5 Å². The molecule has 36 heavy (non-hydrogen) atoms. The largest absolute Gasteiger partial charge is 0.382 e. The summed E-state index contributed by atoms with van der Waals surface area (Å²) < 4.78 is 0. The lowest BCUT2D eigenvalue weighted by Crippen LogP contribution is -2.36. The molecule has 0 bridgehead atoms. The number of nitrogen functional groups attached to an aromatic ring is 1. The third-order valence-corrected chi connectivity index (χ3v) is 5.85. The number of hydrogen-bond donors (Lipinski definition) is 2. The number of rotatable bonds is 8. The molecule has 0 spiro atoms. The fourth-order valence-corrected chi connectivity index (χ4v) is 3.82. The summed E-state index contributed by atoms with van der Waals surface area (Å²) in [5.74, 6) is 0.211. The second-order valence-electron chi connectivity index (χ2n) is 8.45. The molecule has 10 heteroatoms. The predicted molar refractivity (Wildman–Crippen MR) is 139 cm³/mol. The highest BCUT2D eigenvalue weighted by Crippen LogP contribution is 2.25. The zero-order chi connectivity index (χ0) is 25.7. The van der Waals surface area contributed by atoms with Crippen molar-refractivity contribution in [2.45, 2.75) is 13.5 Å². The molecule has 3 heterocycles. The Hall–Kier alpha value is -4.60. The van der Waals surface area contributed by atoms with Crippen molar-refractivity contribution in [3.05, 3.63) is 83.6 Å². The number of amides is 2. The van der Waals surface area contributed by atoms with E-state index in [0.717, 1.165) is 22.0 Å². The summed E-state index contributed by atoms with van der Waals surface area (Å²) in [7, 11) is 3.66. The molecule has 0 saturated heterocycles. The number of pyridine rings is 2. The molecule has 0 fully saturated rings. The highest BCUT2D eigenvalue weighted by atomic mass is 16.2.